The lowest BCUT2D eigenvalue weighted by Gasteiger charge is -2.24. The van der Waals surface area contributed by atoms with Crippen LogP contribution in [0.5, 0.6) is 0 Å². The van der Waals surface area contributed by atoms with Gasteiger partial charge in [0, 0.05) is 42.9 Å². The summed E-state index contributed by atoms with van der Waals surface area (Å²) in [7, 11) is 0. The van der Waals surface area contributed by atoms with E-state index in [0.29, 0.717) is 6.54 Å². The van der Waals surface area contributed by atoms with Gasteiger partial charge in [-0.1, -0.05) is 12.1 Å². The summed E-state index contributed by atoms with van der Waals surface area (Å²) in [5, 5.41) is 7.82. The maximum absolute atomic E-state index is 4.65. The fourth-order valence-electron chi connectivity index (χ4n) is 2.58. The molecule has 1 heterocycles. The molecule has 0 bridgehead atoms. The van der Waals surface area contributed by atoms with Crippen molar-refractivity contribution in [2.75, 3.05) is 31.1 Å². The van der Waals surface area contributed by atoms with Crippen molar-refractivity contribution in [2.45, 2.75) is 34.2 Å². The zero-order valence-electron chi connectivity index (χ0n) is 16.1. The highest BCUT2D eigenvalue weighted by Crippen LogP contribution is 2.15. The van der Waals surface area contributed by atoms with Crippen LogP contribution in [-0.4, -0.2) is 37.1 Å². The van der Waals surface area contributed by atoms with Crippen molar-refractivity contribution in [3.05, 3.63) is 45.9 Å². The Labute approximate surface area is 178 Å². The lowest BCUT2D eigenvalue weighted by molar-refractivity contribution is 0.752. The first-order valence-corrected chi connectivity index (χ1v) is 9.69. The molecule has 26 heavy (non-hydrogen) atoms. The molecule has 5 nitrogen and oxygen atoms in total. The molecule has 0 spiro atoms. The monoisotopic (exact) mass is 487 g/mol. The van der Waals surface area contributed by atoms with Crippen molar-refractivity contribution in [1.82, 2.24) is 15.6 Å². The van der Waals surface area contributed by atoms with Gasteiger partial charge in [-0.2, -0.15) is 0 Å². The second kappa shape index (κ2) is 12.1. The van der Waals surface area contributed by atoms with Gasteiger partial charge >= 0.3 is 0 Å². The number of aryl methyl sites for hydroxylation is 2. The molecule has 0 aliphatic rings. The molecular formula is C19H30IN5S. The summed E-state index contributed by atoms with van der Waals surface area (Å²) in [6, 6.07) is 8.65. The molecule has 1 aromatic heterocycles. The number of hydrogen-bond acceptors (Lipinski definition) is 4. The topological polar surface area (TPSA) is 52.6 Å². The summed E-state index contributed by atoms with van der Waals surface area (Å²) in [4.78, 5) is 12.5. The van der Waals surface area contributed by atoms with Gasteiger partial charge in [-0.15, -0.1) is 35.3 Å². The number of nitrogens with one attached hydrogen (secondary N) is 2. The average Bonchev–Trinajstić information content (AvgIpc) is 3.02. The molecule has 0 aliphatic heterocycles. The summed E-state index contributed by atoms with van der Waals surface area (Å²) in [5.41, 5.74) is 2.56. The van der Waals surface area contributed by atoms with E-state index in [9.17, 15) is 0 Å². The molecule has 0 aliphatic carbocycles. The second-order valence-electron chi connectivity index (χ2n) is 5.89. The lowest BCUT2D eigenvalue weighted by Crippen LogP contribution is -2.41. The third-order valence-corrected chi connectivity index (χ3v) is 4.73. The predicted molar refractivity (Wildman–Crippen MR) is 124 cm³/mol. The number of halogens is 1. The van der Waals surface area contributed by atoms with Crippen molar-refractivity contribution >= 4 is 47.0 Å². The number of thiazole rings is 1. The molecular weight excluding hydrogens is 457 g/mol. The van der Waals surface area contributed by atoms with Crippen molar-refractivity contribution in [2.24, 2.45) is 4.99 Å². The Morgan fingerprint density at radius 2 is 2.04 bits per heavy atom. The number of rotatable bonds is 8. The van der Waals surface area contributed by atoms with Crippen molar-refractivity contribution in [3.8, 4) is 0 Å². The molecule has 0 atom stereocenters. The standard InChI is InChI=1S/C19H29N5S.HI/c1-5-20-19(23-14-18-13-22-16(4)25-18)21-10-11-24(6-2)17-9-7-8-15(3)12-17;/h7-9,12-13H,5-6,10-11,14H2,1-4H3,(H2,20,21,23);1H. The molecule has 2 rings (SSSR count). The number of nitrogens with zero attached hydrogens (tertiary/aromatic N) is 3. The minimum atomic E-state index is 0. The van der Waals surface area contributed by atoms with Gasteiger partial charge < -0.3 is 15.5 Å². The van der Waals surface area contributed by atoms with Gasteiger partial charge in [-0.05, 0) is 45.4 Å². The molecule has 0 saturated carbocycles. The van der Waals surface area contributed by atoms with Crippen LogP contribution in [0.15, 0.2) is 35.5 Å². The van der Waals surface area contributed by atoms with Crippen LogP contribution >= 0.6 is 35.3 Å². The Morgan fingerprint density at radius 1 is 1.23 bits per heavy atom. The van der Waals surface area contributed by atoms with E-state index in [2.05, 4.69) is 70.5 Å². The Balaban J connectivity index is 0.00000338. The molecule has 0 fully saturated rings. The van der Waals surface area contributed by atoms with E-state index in [1.807, 2.05) is 13.1 Å². The molecule has 0 radical (unpaired) electrons. The summed E-state index contributed by atoms with van der Waals surface area (Å²) in [6.45, 7) is 12.7. The Morgan fingerprint density at radius 3 is 2.65 bits per heavy atom. The zero-order valence-corrected chi connectivity index (χ0v) is 19.2. The SMILES string of the molecule is CCNC(=NCc1cnc(C)s1)NCCN(CC)c1cccc(C)c1.I. The van der Waals surface area contributed by atoms with Gasteiger partial charge in [0.25, 0.3) is 0 Å². The average molecular weight is 487 g/mol. The highest BCUT2D eigenvalue weighted by Gasteiger charge is 2.05. The van der Waals surface area contributed by atoms with Crippen molar-refractivity contribution in [1.29, 1.82) is 0 Å². The van der Waals surface area contributed by atoms with Gasteiger partial charge in [0.15, 0.2) is 5.96 Å². The van der Waals surface area contributed by atoms with Crippen LogP contribution in [0, 0.1) is 13.8 Å². The van der Waals surface area contributed by atoms with Gasteiger partial charge in [-0.3, -0.25) is 0 Å². The van der Waals surface area contributed by atoms with E-state index in [4.69, 9.17) is 0 Å². The van der Waals surface area contributed by atoms with Gasteiger partial charge in [-0.25, -0.2) is 9.98 Å². The molecule has 0 unspecified atom stereocenters. The highest BCUT2D eigenvalue weighted by molar-refractivity contribution is 14.0. The van der Waals surface area contributed by atoms with Crippen molar-refractivity contribution in [3.63, 3.8) is 0 Å². The van der Waals surface area contributed by atoms with Gasteiger partial charge in [0.1, 0.15) is 0 Å². The third kappa shape index (κ3) is 7.49. The van der Waals surface area contributed by atoms with E-state index in [0.717, 1.165) is 37.1 Å². The number of benzene rings is 1. The van der Waals surface area contributed by atoms with Gasteiger partial charge in [0.2, 0.25) is 0 Å². The third-order valence-electron chi connectivity index (χ3n) is 3.83. The van der Waals surface area contributed by atoms with E-state index >= 15 is 0 Å². The molecule has 0 saturated heterocycles. The lowest BCUT2D eigenvalue weighted by atomic mass is 10.2. The Hall–Kier alpha value is -1.35. The van der Waals surface area contributed by atoms with Crippen LogP contribution in [0.3, 0.4) is 0 Å². The van der Waals surface area contributed by atoms with Gasteiger partial charge in [0.05, 0.1) is 11.6 Å². The molecule has 0 amide bonds. The Bertz CT molecular complexity index is 686. The smallest absolute Gasteiger partial charge is 0.191 e. The zero-order chi connectivity index (χ0) is 18.1. The van der Waals surface area contributed by atoms with E-state index in [-0.39, 0.29) is 24.0 Å². The van der Waals surface area contributed by atoms with E-state index in [1.165, 1.54) is 16.1 Å². The molecule has 1 aromatic carbocycles. The van der Waals surface area contributed by atoms with Crippen molar-refractivity contribution < 1.29 is 0 Å². The fraction of sp³-hybridized carbons (Fsp3) is 0.474. The van der Waals surface area contributed by atoms with Crippen LogP contribution in [0.2, 0.25) is 0 Å². The maximum Gasteiger partial charge on any atom is 0.191 e. The first-order valence-electron chi connectivity index (χ1n) is 8.87. The summed E-state index contributed by atoms with van der Waals surface area (Å²) in [5.74, 6) is 0.855. The maximum atomic E-state index is 4.65. The number of aliphatic imine (C=N–C) groups is 1. The van der Waals surface area contributed by atoms with E-state index in [1.54, 1.807) is 11.3 Å². The summed E-state index contributed by atoms with van der Waals surface area (Å²) >= 11 is 1.70. The largest absolute Gasteiger partial charge is 0.370 e. The highest BCUT2D eigenvalue weighted by atomic mass is 127. The predicted octanol–water partition coefficient (Wildman–Crippen LogP) is 3.96. The van der Waals surface area contributed by atoms with E-state index < -0.39 is 0 Å². The molecule has 144 valence electrons. The second-order valence-corrected chi connectivity index (χ2v) is 7.21. The number of aromatic nitrogens is 1. The van der Waals surface area contributed by atoms with Crippen LogP contribution in [0.4, 0.5) is 5.69 Å². The Kier molecular flexibility index (Phi) is 10.6. The first kappa shape index (κ1) is 22.7. The van der Waals surface area contributed by atoms with Crippen LogP contribution < -0.4 is 15.5 Å². The number of hydrogen-bond donors (Lipinski definition) is 2. The fourth-order valence-corrected chi connectivity index (χ4v) is 3.30. The van der Waals surface area contributed by atoms with Crippen LogP contribution in [0.25, 0.3) is 0 Å². The quantitative estimate of drug-likeness (QED) is 0.336. The molecule has 2 N–H and O–H groups in total. The summed E-state index contributed by atoms with van der Waals surface area (Å²) in [6.07, 6.45) is 1.91. The number of anilines is 1. The number of likely N-dealkylation sites (N-methyl/N-ethyl adjacent to an activating group) is 1. The van der Waals surface area contributed by atoms with Crippen LogP contribution in [0.1, 0.15) is 29.3 Å². The number of guanidine groups is 1. The minimum absolute atomic E-state index is 0. The molecule has 7 heteroatoms. The molecule has 2 aromatic rings. The minimum Gasteiger partial charge on any atom is -0.370 e. The van der Waals surface area contributed by atoms with Crippen LogP contribution in [-0.2, 0) is 6.54 Å². The first-order chi connectivity index (χ1) is 12.1. The summed E-state index contributed by atoms with van der Waals surface area (Å²) < 4.78 is 0. The normalized spacial score (nSPS) is 11.0.